The molecule has 0 aromatic heterocycles. The molecule has 0 aromatic rings. The highest BCUT2D eigenvalue weighted by Crippen LogP contribution is 2.71. The summed E-state index contributed by atoms with van der Waals surface area (Å²) in [6.07, 6.45) is 12.8. The Hall–Kier alpha value is 0.980. The molecule has 0 spiro atoms. The third-order valence-corrected chi connectivity index (χ3v) is 12.5. The molecule has 4 nitrogen and oxygen atoms in total. The quantitative estimate of drug-likeness (QED) is 0.334. The van der Waals surface area contributed by atoms with Crippen LogP contribution in [0, 0.1) is 35.5 Å². The van der Waals surface area contributed by atoms with Gasteiger partial charge in [-0.15, -0.1) is 0 Å². The van der Waals surface area contributed by atoms with E-state index in [-0.39, 0.29) is 0 Å². The first kappa shape index (κ1) is 21.5. The van der Waals surface area contributed by atoms with Gasteiger partial charge in [-0.2, -0.15) is 0 Å². The van der Waals surface area contributed by atoms with Crippen LogP contribution in [0.3, 0.4) is 0 Å². The summed E-state index contributed by atoms with van der Waals surface area (Å²) in [6, 6.07) is 0. The molecule has 8 rings (SSSR count). The fourth-order valence-corrected chi connectivity index (χ4v) is 12.3. The second-order valence-corrected chi connectivity index (χ2v) is 16.1. The lowest BCUT2D eigenvalue weighted by Gasteiger charge is -2.59. The molecule has 30 heavy (non-hydrogen) atoms. The molecular weight excluding hydrogens is 466 g/mol. The number of alkyl halides is 3. The van der Waals surface area contributed by atoms with Gasteiger partial charge in [0.15, 0.2) is 0 Å². The summed E-state index contributed by atoms with van der Waals surface area (Å²) in [4.78, 5) is 0. The zero-order valence-electron chi connectivity index (χ0n) is 17.3. The maximum atomic E-state index is 14.4. The van der Waals surface area contributed by atoms with E-state index in [1.165, 1.54) is 38.5 Å². The zero-order chi connectivity index (χ0) is 20.9. The standard InChI is InChI=1S/C22H32Cl3O4P/c23-22(24,25)19(26)30(27,28-20-7-13-1-14(8-20)3-15(2-13)9-20)29-21-10-16-4-17(11-21)6-18(5-16)12-21/h13-19,26H,1-12H2/t13?,14?,15?,16?,17?,18?,19-,20?,21?,30?/m1/s1. The highest BCUT2D eigenvalue weighted by Gasteiger charge is 2.62. The fraction of sp³-hybridized carbons (Fsp3) is 1.00. The summed E-state index contributed by atoms with van der Waals surface area (Å²) >= 11 is 18.3. The monoisotopic (exact) mass is 496 g/mol. The summed E-state index contributed by atoms with van der Waals surface area (Å²) in [5.74, 6) is 1.95. The highest BCUT2D eigenvalue weighted by molar-refractivity contribution is 7.55. The lowest BCUT2D eigenvalue weighted by Crippen LogP contribution is -2.54. The Labute approximate surface area is 194 Å². The minimum absolute atomic E-state index is 0.497. The summed E-state index contributed by atoms with van der Waals surface area (Å²) in [5.41, 5.74) is -0.993. The van der Waals surface area contributed by atoms with Crippen molar-refractivity contribution in [1.82, 2.24) is 0 Å². The van der Waals surface area contributed by atoms with Crippen molar-refractivity contribution < 1.29 is 18.7 Å². The van der Waals surface area contributed by atoms with E-state index in [9.17, 15) is 9.67 Å². The molecule has 0 aromatic carbocycles. The van der Waals surface area contributed by atoms with Crippen LogP contribution in [0.25, 0.3) is 0 Å². The van der Waals surface area contributed by atoms with Crippen molar-refractivity contribution in [2.45, 2.75) is 97.9 Å². The minimum atomic E-state index is -4.07. The second-order valence-electron chi connectivity index (χ2n) is 11.8. The molecule has 8 bridgehead atoms. The lowest BCUT2D eigenvalue weighted by atomic mass is 9.54. The molecule has 0 unspecified atom stereocenters. The smallest absolute Gasteiger partial charge is 0.364 e. The van der Waals surface area contributed by atoms with Gasteiger partial charge in [-0.1, -0.05) is 34.8 Å². The van der Waals surface area contributed by atoms with Crippen LogP contribution in [0.5, 0.6) is 0 Å². The molecule has 1 N–H and O–H groups in total. The van der Waals surface area contributed by atoms with E-state index in [0.717, 1.165) is 38.5 Å². The Bertz CT molecular complexity index is 645. The van der Waals surface area contributed by atoms with Gasteiger partial charge in [0, 0.05) is 0 Å². The molecule has 8 aliphatic rings. The van der Waals surface area contributed by atoms with Crippen LogP contribution in [0.2, 0.25) is 0 Å². The normalized spacial score (nSPS) is 51.9. The molecule has 170 valence electrons. The van der Waals surface area contributed by atoms with E-state index < -0.39 is 28.4 Å². The van der Waals surface area contributed by atoms with Gasteiger partial charge in [0.25, 0.3) is 0 Å². The van der Waals surface area contributed by atoms with Gasteiger partial charge >= 0.3 is 7.60 Å². The van der Waals surface area contributed by atoms with Crippen LogP contribution >= 0.6 is 42.4 Å². The molecule has 0 amide bonds. The molecule has 8 saturated carbocycles. The molecule has 1 atom stereocenters. The van der Waals surface area contributed by atoms with E-state index in [0.29, 0.717) is 35.5 Å². The third-order valence-electron chi connectivity index (χ3n) is 9.20. The maximum absolute atomic E-state index is 14.4. The Morgan fingerprint density at radius 2 is 0.967 bits per heavy atom. The van der Waals surface area contributed by atoms with Crippen LogP contribution in [-0.2, 0) is 13.6 Å². The molecule has 0 saturated heterocycles. The molecule has 0 aliphatic heterocycles. The predicted molar refractivity (Wildman–Crippen MR) is 118 cm³/mol. The van der Waals surface area contributed by atoms with Crippen LogP contribution < -0.4 is 0 Å². The van der Waals surface area contributed by atoms with Crippen LogP contribution in [0.1, 0.15) is 77.0 Å². The second kappa shape index (κ2) is 7.00. The Morgan fingerprint density at radius 1 is 0.700 bits per heavy atom. The number of halogens is 3. The maximum Gasteiger partial charge on any atom is 0.364 e. The van der Waals surface area contributed by atoms with E-state index in [1.807, 2.05) is 0 Å². The average molecular weight is 498 g/mol. The summed E-state index contributed by atoms with van der Waals surface area (Å²) in [5, 5.41) is 11.0. The number of rotatable bonds is 5. The molecule has 8 aliphatic carbocycles. The van der Waals surface area contributed by atoms with Gasteiger partial charge in [0.05, 0.1) is 11.2 Å². The Kier molecular flexibility index (Phi) is 5.02. The fourth-order valence-electron chi connectivity index (χ4n) is 9.12. The van der Waals surface area contributed by atoms with Crippen molar-refractivity contribution >= 4 is 42.4 Å². The first-order valence-corrected chi connectivity index (χ1v) is 14.5. The molecule has 0 radical (unpaired) electrons. The summed E-state index contributed by atoms with van der Waals surface area (Å²) in [6.45, 7) is 0. The van der Waals surface area contributed by atoms with Crippen molar-refractivity contribution in [2.24, 2.45) is 35.5 Å². The average Bonchev–Trinajstić information content (AvgIpc) is 2.56. The van der Waals surface area contributed by atoms with Gasteiger partial charge < -0.3 is 5.11 Å². The van der Waals surface area contributed by atoms with Crippen molar-refractivity contribution in [3.63, 3.8) is 0 Å². The van der Waals surface area contributed by atoms with Crippen LogP contribution in [-0.4, -0.2) is 25.9 Å². The van der Waals surface area contributed by atoms with Crippen molar-refractivity contribution in [1.29, 1.82) is 0 Å². The van der Waals surface area contributed by atoms with Crippen LogP contribution in [0.4, 0.5) is 0 Å². The largest absolute Gasteiger partial charge is 0.377 e. The van der Waals surface area contributed by atoms with E-state index >= 15 is 0 Å². The Morgan fingerprint density at radius 3 is 1.20 bits per heavy atom. The topological polar surface area (TPSA) is 55.8 Å². The van der Waals surface area contributed by atoms with Gasteiger partial charge in [-0.3, -0.25) is 13.6 Å². The molecule has 8 fully saturated rings. The highest BCUT2D eigenvalue weighted by atomic mass is 35.6. The van der Waals surface area contributed by atoms with E-state index in [4.69, 9.17) is 43.9 Å². The minimum Gasteiger partial charge on any atom is -0.377 e. The molecule has 8 heteroatoms. The van der Waals surface area contributed by atoms with Gasteiger partial charge in [-0.25, -0.2) is 0 Å². The molecular formula is C22H32Cl3O4P. The van der Waals surface area contributed by atoms with Crippen molar-refractivity contribution in [3.8, 4) is 0 Å². The first-order chi connectivity index (χ1) is 14.0. The zero-order valence-corrected chi connectivity index (χ0v) is 20.4. The summed E-state index contributed by atoms with van der Waals surface area (Å²) < 4.78 is 25.3. The summed E-state index contributed by atoms with van der Waals surface area (Å²) in [7, 11) is -4.07. The number of aliphatic hydroxyl groups is 1. The number of hydrogen-bond donors (Lipinski definition) is 1. The van der Waals surface area contributed by atoms with Crippen LogP contribution in [0.15, 0.2) is 0 Å². The van der Waals surface area contributed by atoms with Gasteiger partial charge in [-0.05, 0) is 113 Å². The van der Waals surface area contributed by atoms with E-state index in [1.54, 1.807) is 0 Å². The number of hydrogen-bond acceptors (Lipinski definition) is 4. The van der Waals surface area contributed by atoms with E-state index in [2.05, 4.69) is 0 Å². The van der Waals surface area contributed by atoms with Gasteiger partial charge in [0.2, 0.25) is 9.64 Å². The molecule has 0 heterocycles. The predicted octanol–water partition coefficient (Wildman–Crippen LogP) is 6.84. The lowest BCUT2D eigenvalue weighted by molar-refractivity contribution is -0.145. The third kappa shape index (κ3) is 3.64. The first-order valence-electron chi connectivity index (χ1n) is 11.8. The Balaban J connectivity index is 1.32. The SMILES string of the molecule is O=P(OC12CC3CC(CC(C3)C1)C2)(OC12CC3CC(CC(C3)C1)C2)[C@@H](O)C(Cl)(Cl)Cl. The number of aliphatic hydroxyl groups excluding tert-OH is 1. The van der Waals surface area contributed by atoms with Crippen molar-refractivity contribution in [3.05, 3.63) is 0 Å². The van der Waals surface area contributed by atoms with Crippen molar-refractivity contribution in [2.75, 3.05) is 0 Å². The van der Waals surface area contributed by atoms with Gasteiger partial charge in [0.1, 0.15) is 0 Å².